The molecule has 2 aliphatic rings. The Morgan fingerprint density at radius 3 is 2.42 bits per heavy atom. The Labute approximate surface area is 195 Å². The molecule has 2 saturated heterocycles. The van der Waals surface area contributed by atoms with Crippen molar-refractivity contribution in [1.82, 2.24) is 15.3 Å². The Kier molecular flexibility index (Phi) is 6.01. The second-order valence-electron chi connectivity index (χ2n) is 9.26. The summed E-state index contributed by atoms with van der Waals surface area (Å²) >= 11 is 0. The zero-order valence-corrected chi connectivity index (χ0v) is 19.4. The van der Waals surface area contributed by atoms with Gasteiger partial charge in [0.05, 0.1) is 11.3 Å². The lowest BCUT2D eigenvalue weighted by Crippen LogP contribution is -2.49. The fourth-order valence-electron chi connectivity index (χ4n) is 5.22. The monoisotopic (exact) mass is 441 g/mol. The third kappa shape index (κ3) is 4.31. The van der Waals surface area contributed by atoms with Crippen LogP contribution < -0.4 is 20.0 Å². The van der Waals surface area contributed by atoms with Gasteiger partial charge in [0.1, 0.15) is 17.1 Å². The molecule has 0 aliphatic carbocycles. The predicted octanol–water partition coefficient (Wildman–Crippen LogP) is 3.26. The largest absolute Gasteiger partial charge is 0.370 e. The highest BCUT2D eigenvalue weighted by molar-refractivity contribution is 5.92. The van der Waals surface area contributed by atoms with Gasteiger partial charge in [0.25, 0.3) is 0 Å². The highest BCUT2D eigenvalue weighted by Crippen LogP contribution is 2.32. The molecule has 7 heteroatoms. The lowest BCUT2D eigenvalue weighted by molar-refractivity contribution is 0.392. The van der Waals surface area contributed by atoms with Crippen LogP contribution in [0.4, 0.5) is 17.1 Å². The highest BCUT2D eigenvalue weighted by atomic mass is 15.2. The van der Waals surface area contributed by atoms with Gasteiger partial charge in [-0.25, -0.2) is 0 Å². The van der Waals surface area contributed by atoms with Crippen LogP contribution in [0.15, 0.2) is 48.8 Å². The number of rotatable bonds is 4. The topological polar surface area (TPSA) is 71.3 Å². The van der Waals surface area contributed by atoms with Gasteiger partial charge in [-0.3, -0.25) is 9.97 Å². The van der Waals surface area contributed by atoms with Gasteiger partial charge in [-0.2, -0.15) is 5.26 Å². The van der Waals surface area contributed by atoms with E-state index in [0.717, 1.165) is 56.9 Å². The first kappa shape index (κ1) is 21.5. The van der Waals surface area contributed by atoms with Crippen LogP contribution in [-0.2, 0) is 0 Å². The van der Waals surface area contributed by atoms with E-state index < -0.39 is 0 Å². The zero-order chi connectivity index (χ0) is 22.8. The average molecular weight is 442 g/mol. The molecule has 2 aliphatic heterocycles. The van der Waals surface area contributed by atoms with Gasteiger partial charge >= 0.3 is 0 Å². The third-order valence-corrected chi connectivity index (χ3v) is 6.99. The van der Waals surface area contributed by atoms with Crippen LogP contribution in [-0.4, -0.2) is 62.3 Å². The highest BCUT2D eigenvalue weighted by Gasteiger charge is 2.29. The van der Waals surface area contributed by atoms with Crippen molar-refractivity contribution in [3.05, 3.63) is 54.4 Å². The number of aromatic nitrogens is 2. The molecule has 0 unspecified atom stereocenters. The minimum atomic E-state index is 0.390. The van der Waals surface area contributed by atoms with Gasteiger partial charge in [0, 0.05) is 76.1 Å². The number of nitrogens with zero attached hydrogens (tertiary/aromatic N) is 6. The van der Waals surface area contributed by atoms with Gasteiger partial charge in [0.15, 0.2) is 0 Å². The Hall–Kier alpha value is -3.37. The molecule has 2 aromatic carbocycles. The molecule has 0 amide bonds. The van der Waals surface area contributed by atoms with Crippen LogP contribution in [0.25, 0.3) is 11.0 Å². The lowest BCUT2D eigenvalue weighted by Gasteiger charge is -2.42. The summed E-state index contributed by atoms with van der Waals surface area (Å²) in [6, 6.07) is 15.6. The standard InChI is InChI=1S/C26H31N7/c1-19-15-23(31(2)21-4-6-22(7-5-21)32-13-11-28-12-14-32)18-33(17-19)24-8-3-20(16-27)25-26(24)30-10-9-29-25/h3-10,19,23,28H,11-15,17-18H2,1-2H3/t19-,23+/m0/s1. The van der Waals surface area contributed by atoms with E-state index in [-0.39, 0.29) is 0 Å². The lowest BCUT2D eigenvalue weighted by atomic mass is 9.93. The van der Waals surface area contributed by atoms with Gasteiger partial charge in [-0.05, 0) is 48.7 Å². The van der Waals surface area contributed by atoms with Crippen LogP contribution in [0.3, 0.4) is 0 Å². The van der Waals surface area contributed by atoms with Crippen LogP contribution in [0.2, 0.25) is 0 Å². The molecule has 0 radical (unpaired) electrons. The molecule has 3 heterocycles. The normalized spacial score (nSPS) is 21.1. The first-order valence-electron chi connectivity index (χ1n) is 11.8. The van der Waals surface area contributed by atoms with Crippen molar-refractivity contribution < 1.29 is 0 Å². The van der Waals surface area contributed by atoms with E-state index in [1.807, 2.05) is 12.1 Å². The quantitative estimate of drug-likeness (QED) is 0.666. The molecule has 1 N–H and O–H groups in total. The first-order valence-corrected chi connectivity index (χ1v) is 11.8. The molecule has 7 nitrogen and oxygen atoms in total. The van der Waals surface area contributed by atoms with Crippen LogP contribution in [0, 0.1) is 17.2 Å². The Balaban J connectivity index is 1.37. The summed E-state index contributed by atoms with van der Waals surface area (Å²) in [7, 11) is 2.21. The van der Waals surface area contributed by atoms with E-state index in [4.69, 9.17) is 0 Å². The van der Waals surface area contributed by atoms with E-state index in [1.165, 1.54) is 11.4 Å². The van der Waals surface area contributed by atoms with E-state index >= 15 is 0 Å². The second kappa shape index (κ2) is 9.24. The van der Waals surface area contributed by atoms with Crippen molar-refractivity contribution in [2.75, 3.05) is 61.0 Å². The van der Waals surface area contributed by atoms with Crippen LogP contribution in [0.1, 0.15) is 18.9 Å². The Morgan fingerprint density at radius 1 is 0.970 bits per heavy atom. The van der Waals surface area contributed by atoms with E-state index in [1.54, 1.807) is 12.4 Å². The van der Waals surface area contributed by atoms with E-state index in [0.29, 0.717) is 23.0 Å². The van der Waals surface area contributed by atoms with E-state index in [9.17, 15) is 5.26 Å². The van der Waals surface area contributed by atoms with Crippen molar-refractivity contribution in [1.29, 1.82) is 5.26 Å². The first-order chi connectivity index (χ1) is 16.1. The number of hydrogen-bond acceptors (Lipinski definition) is 7. The molecule has 33 heavy (non-hydrogen) atoms. The summed E-state index contributed by atoms with van der Waals surface area (Å²) in [4.78, 5) is 16.3. The summed E-state index contributed by atoms with van der Waals surface area (Å²) in [6.07, 6.45) is 4.52. The van der Waals surface area contributed by atoms with Crippen molar-refractivity contribution in [2.45, 2.75) is 19.4 Å². The third-order valence-electron chi connectivity index (χ3n) is 6.99. The summed E-state index contributed by atoms with van der Waals surface area (Å²) < 4.78 is 0. The van der Waals surface area contributed by atoms with Crippen molar-refractivity contribution in [3.8, 4) is 6.07 Å². The minimum Gasteiger partial charge on any atom is -0.370 e. The number of nitriles is 1. The molecular weight excluding hydrogens is 410 g/mol. The van der Waals surface area contributed by atoms with Gasteiger partial charge in [0.2, 0.25) is 0 Å². The van der Waals surface area contributed by atoms with Gasteiger partial charge in [-0.1, -0.05) is 6.92 Å². The maximum atomic E-state index is 9.48. The zero-order valence-electron chi connectivity index (χ0n) is 19.4. The van der Waals surface area contributed by atoms with E-state index in [2.05, 4.69) is 74.3 Å². The number of likely N-dealkylation sites (N-methyl/N-ethyl adjacent to an activating group) is 1. The summed E-state index contributed by atoms with van der Waals surface area (Å²) in [5.74, 6) is 0.550. The molecule has 0 spiro atoms. The molecule has 5 rings (SSSR count). The average Bonchev–Trinajstić information content (AvgIpc) is 2.88. The predicted molar refractivity (Wildman–Crippen MR) is 134 cm³/mol. The number of hydrogen-bond donors (Lipinski definition) is 1. The number of nitrogens with one attached hydrogen (secondary N) is 1. The van der Waals surface area contributed by atoms with Crippen LogP contribution in [0.5, 0.6) is 0 Å². The molecule has 2 atom stereocenters. The molecule has 1 aromatic heterocycles. The van der Waals surface area contributed by atoms with Gasteiger partial charge in [-0.15, -0.1) is 0 Å². The molecule has 3 aromatic rings. The van der Waals surface area contributed by atoms with Crippen molar-refractivity contribution >= 4 is 28.1 Å². The second-order valence-corrected chi connectivity index (χ2v) is 9.26. The summed E-state index contributed by atoms with van der Waals surface area (Å²) in [6.45, 7) is 8.43. The SMILES string of the molecule is C[C@H]1C[C@@H](N(C)c2ccc(N3CCNCC3)cc2)CN(c2ccc(C#N)c3nccnc23)C1. The van der Waals surface area contributed by atoms with Crippen LogP contribution >= 0.6 is 0 Å². The fourth-order valence-corrected chi connectivity index (χ4v) is 5.22. The van der Waals surface area contributed by atoms with Crippen molar-refractivity contribution in [3.63, 3.8) is 0 Å². The molecule has 170 valence electrons. The van der Waals surface area contributed by atoms with Crippen molar-refractivity contribution in [2.24, 2.45) is 5.92 Å². The maximum absolute atomic E-state index is 9.48. The fraction of sp³-hybridized carbons (Fsp3) is 0.423. The number of fused-ring (bicyclic) bond motifs is 1. The number of piperidine rings is 1. The van der Waals surface area contributed by atoms with Gasteiger partial charge < -0.3 is 20.0 Å². The number of benzene rings is 2. The molecule has 0 saturated carbocycles. The molecular formula is C26H31N7. The number of piperazine rings is 1. The molecule has 2 fully saturated rings. The Morgan fingerprint density at radius 2 is 1.70 bits per heavy atom. The summed E-state index contributed by atoms with van der Waals surface area (Å²) in [5.41, 5.74) is 5.69. The Bertz CT molecular complexity index is 1150. The minimum absolute atomic E-state index is 0.390. The smallest absolute Gasteiger partial charge is 0.113 e. The number of anilines is 3. The maximum Gasteiger partial charge on any atom is 0.113 e. The molecule has 0 bridgehead atoms. The summed E-state index contributed by atoms with van der Waals surface area (Å²) in [5, 5.41) is 12.9.